The Balaban J connectivity index is 0.00000146. The molecule has 3 nitrogen and oxygen atoms in total. The van der Waals surface area contributed by atoms with Crippen LogP contribution >= 0.6 is 23.7 Å². The third kappa shape index (κ3) is 3.02. The molecular weight excluding hydrogens is 340 g/mol. The van der Waals surface area contributed by atoms with Gasteiger partial charge in [0.05, 0.1) is 0 Å². The van der Waals surface area contributed by atoms with Crippen LogP contribution in [0.4, 0.5) is 0 Å². The van der Waals surface area contributed by atoms with Crippen LogP contribution in [0, 0.1) is 23.2 Å². The van der Waals surface area contributed by atoms with Gasteiger partial charge in [-0.3, -0.25) is 4.79 Å². The van der Waals surface area contributed by atoms with Gasteiger partial charge in [0.15, 0.2) is 0 Å². The van der Waals surface area contributed by atoms with Crippen LogP contribution in [0.15, 0.2) is 16.8 Å². The van der Waals surface area contributed by atoms with Crippen molar-refractivity contribution in [1.29, 1.82) is 0 Å². The predicted molar refractivity (Wildman–Crippen MR) is 99.4 cm³/mol. The lowest BCUT2D eigenvalue weighted by Gasteiger charge is -2.30. The number of halogens is 1. The zero-order chi connectivity index (χ0) is 15.4. The minimum absolute atomic E-state index is 0. The van der Waals surface area contributed by atoms with E-state index in [0.717, 1.165) is 31.5 Å². The van der Waals surface area contributed by atoms with Crippen molar-refractivity contribution in [1.82, 2.24) is 10.2 Å². The standard InChI is InChI=1S/C19H26N2OS.ClH/c22-18(16-9-15(16)14-1-2-14)21(11-13-3-8-23-12-13)17-10-19(17)4-6-20-7-5-19;/h3,8,12,14-17,20H,1-2,4-7,9-11H2;1H. The van der Waals surface area contributed by atoms with Gasteiger partial charge in [-0.15, -0.1) is 12.4 Å². The quantitative estimate of drug-likeness (QED) is 0.861. The van der Waals surface area contributed by atoms with Crippen molar-refractivity contribution in [3.8, 4) is 0 Å². The highest BCUT2D eigenvalue weighted by molar-refractivity contribution is 7.07. The van der Waals surface area contributed by atoms with Crippen LogP contribution in [0.2, 0.25) is 0 Å². The molecule has 0 radical (unpaired) electrons. The van der Waals surface area contributed by atoms with Crippen molar-refractivity contribution in [2.75, 3.05) is 13.1 Å². The largest absolute Gasteiger partial charge is 0.335 e. The van der Waals surface area contributed by atoms with Gasteiger partial charge < -0.3 is 10.2 Å². The number of thiophene rings is 1. The Morgan fingerprint density at radius 3 is 2.79 bits per heavy atom. The van der Waals surface area contributed by atoms with E-state index >= 15 is 0 Å². The molecule has 1 aromatic rings. The first-order valence-corrected chi connectivity index (χ1v) is 10.2. The number of amides is 1. The number of hydrogen-bond acceptors (Lipinski definition) is 3. The molecule has 1 aliphatic heterocycles. The second-order valence-electron chi connectivity index (χ2n) is 8.27. The Kier molecular flexibility index (Phi) is 4.42. The third-order valence-corrected chi connectivity index (χ3v) is 7.45. The van der Waals surface area contributed by atoms with E-state index in [1.54, 1.807) is 11.3 Å². The summed E-state index contributed by atoms with van der Waals surface area (Å²) in [5.74, 6) is 2.46. The first-order chi connectivity index (χ1) is 11.3. The minimum Gasteiger partial charge on any atom is -0.335 e. The molecule has 5 rings (SSSR count). The van der Waals surface area contributed by atoms with E-state index in [4.69, 9.17) is 0 Å². The zero-order valence-electron chi connectivity index (χ0n) is 14.1. The smallest absolute Gasteiger partial charge is 0.226 e. The highest BCUT2D eigenvalue weighted by atomic mass is 35.5. The van der Waals surface area contributed by atoms with Crippen LogP contribution in [0.1, 0.15) is 44.1 Å². The molecule has 1 saturated heterocycles. The normalized spacial score (nSPS) is 32.9. The summed E-state index contributed by atoms with van der Waals surface area (Å²) < 4.78 is 0. The fraction of sp³-hybridized carbons (Fsp3) is 0.737. The molecule has 3 atom stereocenters. The topological polar surface area (TPSA) is 32.3 Å². The summed E-state index contributed by atoms with van der Waals surface area (Å²) >= 11 is 1.74. The van der Waals surface area contributed by atoms with E-state index in [-0.39, 0.29) is 12.4 Å². The monoisotopic (exact) mass is 366 g/mol. The van der Waals surface area contributed by atoms with Crippen LogP contribution in [-0.4, -0.2) is 29.9 Å². The summed E-state index contributed by atoms with van der Waals surface area (Å²) in [5, 5.41) is 7.82. The van der Waals surface area contributed by atoms with E-state index in [9.17, 15) is 4.79 Å². The zero-order valence-corrected chi connectivity index (χ0v) is 15.7. The Labute approximate surface area is 154 Å². The lowest BCUT2D eigenvalue weighted by atomic mass is 9.93. The van der Waals surface area contributed by atoms with Gasteiger partial charge in [-0.25, -0.2) is 0 Å². The molecule has 4 aliphatic rings. The molecule has 1 N–H and O–H groups in total. The summed E-state index contributed by atoms with van der Waals surface area (Å²) in [6, 6.07) is 2.70. The lowest BCUT2D eigenvalue weighted by Crippen LogP contribution is -2.40. The molecular formula is C19H27ClN2OS. The van der Waals surface area contributed by atoms with E-state index in [1.165, 1.54) is 44.1 Å². The number of nitrogens with one attached hydrogen (secondary N) is 1. The van der Waals surface area contributed by atoms with Gasteiger partial charge in [0.25, 0.3) is 0 Å². The fourth-order valence-corrected chi connectivity index (χ4v) is 5.57. The Hall–Kier alpha value is -0.580. The van der Waals surface area contributed by atoms with Crippen molar-refractivity contribution in [2.24, 2.45) is 23.2 Å². The molecule has 24 heavy (non-hydrogen) atoms. The number of carbonyl (C=O) groups excluding carboxylic acids is 1. The predicted octanol–water partition coefficient (Wildman–Crippen LogP) is 3.69. The summed E-state index contributed by atoms with van der Waals surface area (Å²) in [6.45, 7) is 3.10. The number of rotatable bonds is 5. The van der Waals surface area contributed by atoms with Gasteiger partial charge in [0.1, 0.15) is 0 Å². The first-order valence-electron chi connectivity index (χ1n) is 9.29. The van der Waals surface area contributed by atoms with Crippen molar-refractivity contribution in [2.45, 2.75) is 51.1 Å². The molecule has 3 aliphatic carbocycles. The SMILES string of the molecule is Cl.O=C(C1CC1C1CC1)N(Cc1ccsc1)C1CC12CCNCC2. The molecule has 5 heteroatoms. The number of piperidine rings is 1. The van der Waals surface area contributed by atoms with Gasteiger partial charge >= 0.3 is 0 Å². The van der Waals surface area contributed by atoms with Crippen LogP contribution in [0.5, 0.6) is 0 Å². The van der Waals surface area contributed by atoms with E-state index in [1.807, 2.05) is 0 Å². The first kappa shape index (κ1) is 16.9. The highest BCUT2D eigenvalue weighted by Gasteiger charge is 2.60. The average Bonchev–Trinajstić information content (AvgIpc) is 3.46. The average molecular weight is 367 g/mol. The summed E-state index contributed by atoms with van der Waals surface area (Å²) in [4.78, 5) is 15.5. The van der Waals surface area contributed by atoms with Crippen LogP contribution in [-0.2, 0) is 11.3 Å². The van der Waals surface area contributed by atoms with Crippen molar-refractivity contribution in [3.63, 3.8) is 0 Å². The van der Waals surface area contributed by atoms with Crippen molar-refractivity contribution < 1.29 is 4.79 Å². The number of hydrogen-bond donors (Lipinski definition) is 1. The molecule has 0 bridgehead atoms. The van der Waals surface area contributed by atoms with Crippen molar-refractivity contribution >= 4 is 29.7 Å². The van der Waals surface area contributed by atoms with E-state index in [2.05, 4.69) is 27.0 Å². The molecule has 3 saturated carbocycles. The maximum atomic E-state index is 13.2. The molecule has 0 aromatic carbocycles. The lowest BCUT2D eigenvalue weighted by molar-refractivity contribution is -0.135. The summed E-state index contributed by atoms with van der Waals surface area (Å²) in [5.41, 5.74) is 1.77. The number of carbonyl (C=O) groups is 1. The van der Waals surface area contributed by atoms with Crippen LogP contribution in [0.25, 0.3) is 0 Å². The van der Waals surface area contributed by atoms with Gasteiger partial charge in [-0.2, -0.15) is 11.3 Å². The van der Waals surface area contributed by atoms with E-state index in [0.29, 0.717) is 23.3 Å². The van der Waals surface area contributed by atoms with Gasteiger partial charge in [-0.1, -0.05) is 0 Å². The van der Waals surface area contributed by atoms with Crippen LogP contribution < -0.4 is 5.32 Å². The molecule has 1 aromatic heterocycles. The Bertz CT molecular complexity index is 595. The second kappa shape index (κ2) is 6.30. The third-order valence-electron chi connectivity index (χ3n) is 6.72. The maximum absolute atomic E-state index is 13.2. The molecule has 3 unspecified atom stereocenters. The molecule has 2 heterocycles. The molecule has 132 valence electrons. The minimum atomic E-state index is 0. The maximum Gasteiger partial charge on any atom is 0.226 e. The van der Waals surface area contributed by atoms with Crippen LogP contribution in [0.3, 0.4) is 0 Å². The van der Waals surface area contributed by atoms with Crippen molar-refractivity contribution in [3.05, 3.63) is 22.4 Å². The molecule has 1 amide bonds. The fourth-order valence-electron chi connectivity index (χ4n) is 4.91. The van der Waals surface area contributed by atoms with Gasteiger partial charge in [0.2, 0.25) is 5.91 Å². The molecule has 4 fully saturated rings. The summed E-state index contributed by atoms with van der Waals surface area (Å²) in [7, 11) is 0. The Morgan fingerprint density at radius 2 is 2.12 bits per heavy atom. The van der Waals surface area contributed by atoms with Gasteiger partial charge in [0, 0.05) is 18.5 Å². The Morgan fingerprint density at radius 1 is 1.33 bits per heavy atom. The number of nitrogens with zero attached hydrogens (tertiary/aromatic N) is 1. The van der Waals surface area contributed by atoms with Gasteiger partial charge in [-0.05, 0) is 91.3 Å². The molecule has 1 spiro atoms. The second-order valence-corrected chi connectivity index (χ2v) is 9.05. The summed E-state index contributed by atoms with van der Waals surface area (Å²) in [6.07, 6.45) is 7.66. The van der Waals surface area contributed by atoms with E-state index < -0.39 is 0 Å². The highest BCUT2D eigenvalue weighted by Crippen LogP contribution is 2.59.